The van der Waals surface area contributed by atoms with Crippen molar-refractivity contribution < 1.29 is 8.42 Å². The molecule has 0 aliphatic carbocycles. The lowest BCUT2D eigenvalue weighted by Crippen LogP contribution is -2.25. The number of nitrogens with one attached hydrogen (secondary N) is 3. The van der Waals surface area contributed by atoms with Crippen LogP contribution >= 0.6 is 0 Å². The highest BCUT2D eigenvalue weighted by atomic mass is 32.2. The van der Waals surface area contributed by atoms with Gasteiger partial charge in [-0.05, 0) is 6.42 Å². The zero-order valence-corrected chi connectivity index (χ0v) is 11.4. The molecule has 0 fully saturated rings. The highest BCUT2D eigenvalue weighted by Gasteiger charge is 2.16. The van der Waals surface area contributed by atoms with Crippen molar-refractivity contribution in [3.63, 3.8) is 0 Å². The van der Waals surface area contributed by atoms with Gasteiger partial charge in [0, 0.05) is 19.4 Å². The minimum atomic E-state index is -3.50. The van der Waals surface area contributed by atoms with Crippen LogP contribution in [0.4, 0.5) is 0 Å². The molecule has 0 saturated heterocycles. The van der Waals surface area contributed by atoms with Crippen molar-refractivity contribution in [3.05, 3.63) is 24.2 Å². The average Bonchev–Trinajstić information content (AvgIpc) is 3.05. The highest BCUT2D eigenvalue weighted by Crippen LogP contribution is 2.05. The summed E-state index contributed by atoms with van der Waals surface area (Å²) in [5.41, 5.74) is 0. The predicted octanol–water partition coefficient (Wildman–Crippen LogP) is 0.00130. The maximum Gasteiger partial charge on any atom is 0.257 e. The van der Waals surface area contributed by atoms with Crippen molar-refractivity contribution >= 4 is 10.0 Å². The lowest BCUT2D eigenvalue weighted by Gasteiger charge is -2.03. The zero-order chi connectivity index (χ0) is 13.7. The van der Waals surface area contributed by atoms with Crippen LogP contribution < -0.4 is 4.72 Å². The van der Waals surface area contributed by atoms with E-state index in [1.54, 1.807) is 0 Å². The van der Waals surface area contributed by atoms with Crippen molar-refractivity contribution in [1.82, 2.24) is 29.9 Å². The van der Waals surface area contributed by atoms with E-state index >= 15 is 0 Å². The van der Waals surface area contributed by atoms with Gasteiger partial charge in [-0.3, -0.25) is 5.10 Å². The molecule has 0 aromatic carbocycles. The monoisotopic (exact) mass is 284 g/mol. The van der Waals surface area contributed by atoms with Gasteiger partial charge in [-0.1, -0.05) is 6.92 Å². The summed E-state index contributed by atoms with van der Waals surface area (Å²) < 4.78 is 26.3. The third-order valence-corrected chi connectivity index (χ3v) is 3.95. The number of hydrogen-bond acceptors (Lipinski definition) is 5. The van der Waals surface area contributed by atoms with Crippen LogP contribution in [0, 0.1) is 0 Å². The van der Waals surface area contributed by atoms with Gasteiger partial charge in [0.2, 0.25) is 0 Å². The van der Waals surface area contributed by atoms with Gasteiger partial charge >= 0.3 is 0 Å². The molecule has 0 aliphatic heterocycles. The standard InChI is InChI=1S/C10H16N6O2S/c1-2-8-11-6-10(15-8)19(17,18)14-5-3-4-9-12-7-13-16-9/h6-7,14H,2-5H2,1H3,(H,11,15)(H,12,13,16). The van der Waals surface area contributed by atoms with Crippen molar-refractivity contribution in [3.8, 4) is 0 Å². The first-order valence-electron chi connectivity index (χ1n) is 5.99. The summed E-state index contributed by atoms with van der Waals surface area (Å²) in [7, 11) is -3.50. The van der Waals surface area contributed by atoms with E-state index in [9.17, 15) is 8.42 Å². The lowest BCUT2D eigenvalue weighted by atomic mass is 10.3. The maximum absolute atomic E-state index is 11.9. The molecule has 2 aromatic rings. The van der Waals surface area contributed by atoms with E-state index in [1.807, 2.05) is 6.92 Å². The minimum Gasteiger partial charge on any atom is -0.332 e. The minimum absolute atomic E-state index is 0.101. The molecule has 3 N–H and O–H groups in total. The molecule has 0 atom stereocenters. The summed E-state index contributed by atoms with van der Waals surface area (Å²) in [6.45, 7) is 2.24. The van der Waals surface area contributed by atoms with Gasteiger partial charge in [-0.2, -0.15) is 5.10 Å². The van der Waals surface area contributed by atoms with Gasteiger partial charge in [0.05, 0.1) is 6.20 Å². The highest BCUT2D eigenvalue weighted by molar-refractivity contribution is 7.89. The zero-order valence-electron chi connectivity index (χ0n) is 10.5. The van der Waals surface area contributed by atoms with Gasteiger partial charge in [0.15, 0.2) is 5.03 Å². The number of aromatic amines is 2. The number of imidazole rings is 1. The molecule has 0 amide bonds. The summed E-state index contributed by atoms with van der Waals surface area (Å²) in [6.07, 6.45) is 4.71. The molecule has 104 valence electrons. The second kappa shape index (κ2) is 5.93. The lowest BCUT2D eigenvalue weighted by molar-refractivity contribution is 0.575. The van der Waals surface area contributed by atoms with E-state index < -0.39 is 10.0 Å². The van der Waals surface area contributed by atoms with Crippen LogP contribution in [-0.4, -0.2) is 40.1 Å². The first kappa shape index (κ1) is 13.7. The summed E-state index contributed by atoms with van der Waals surface area (Å²) in [5, 5.41) is 6.55. The van der Waals surface area contributed by atoms with E-state index in [0.717, 1.165) is 5.82 Å². The molecule has 0 spiro atoms. The predicted molar refractivity (Wildman–Crippen MR) is 67.9 cm³/mol. The van der Waals surface area contributed by atoms with Gasteiger partial charge in [-0.25, -0.2) is 23.1 Å². The normalized spacial score (nSPS) is 11.8. The number of H-pyrrole nitrogens is 2. The van der Waals surface area contributed by atoms with Crippen LogP contribution in [0.2, 0.25) is 0 Å². The number of aromatic nitrogens is 5. The molecular weight excluding hydrogens is 268 g/mol. The fourth-order valence-electron chi connectivity index (χ4n) is 1.55. The van der Waals surface area contributed by atoms with Crippen LogP contribution in [0.15, 0.2) is 17.6 Å². The maximum atomic E-state index is 11.9. The van der Waals surface area contributed by atoms with E-state index in [4.69, 9.17) is 0 Å². The van der Waals surface area contributed by atoms with Gasteiger partial charge < -0.3 is 4.98 Å². The van der Waals surface area contributed by atoms with Crippen LogP contribution in [0.1, 0.15) is 25.0 Å². The number of aryl methyl sites for hydroxylation is 2. The first-order valence-corrected chi connectivity index (χ1v) is 7.48. The molecule has 2 rings (SSSR count). The molecule has 9 heteroatoms. The number of nitrogens with zero attached hydrogens (tertiary/aromatic N) is 3. The van der Waals surface area contributed by atoms with Crippen molar-refractivity contribution in [2.75, 3.05) is 6.54 Å². The molecule has 0 unspecified atom stereocenters. The van der Waals surface area contributed by atoms with Crippen LogP contribution in [-0.2, 0) is 22.9 Å². The molecule has 2 aromatic heterocycles. The fraction of sp³-hybridized carbons (Fsp3) is 0.500. The largest absolute Gasteiger partial charge is 0.332 e. The molecule has 19 heavy (non-hydrogen) atoms. The molecule has 2 heterocycles. The van der Waals surface area contributed by atoms with Crippen molar-refractivity contribution in [2.45, 2.75) is 31.2 Å². The summed E-state index contributed by atoms with van der Waals surface area (Å²) in [5.74, 6) is 1.40. The van der Waals surface area contributed by atoms with E-state index in [2.05, 4.69) is 29.9 Å². The molecule has 0 bridgehead atoms. The molecule has 0 saturated carbocycles. The van der Waals surface area contributed by atoms with Crippen LogP contribution in [0.5, 0.6) is 0 Å². The molecule has 0 radical (unpaired) electrons. The first-order chi connectivity index (χ1) is 9.12. The van der Waals surface area contributed by atoms with Crippen LogP contribution in [0.25, 0.3) is 0 Å². The Kier molecular flexibility index (Phi) is 4.27. The Morgan fingerprint density at radius 2 is 2.16 bits per heavy atom. The quantitative estimate of drug-likeness (QED) is 0.619. The third kappa shape index (κ3) is 3.61. The van der Waals surface area contributed by atoms with E-state index in [0.29, 0.717) is 31.6 Å². The smallest absolute Gasteiger partial charge is 0.257 e. The summed E-state index contributed by atoms with van der Waals surface area (Å²) >= 11 is 0. The second-order valence-corrected chi connectivity index (χ2v) is 5.72. The number of rotatable bonds is 7. The van der Waals surface area contributed by atoms with Crippen LogP contribution in [0.3, 0.4) is 0 Å². The molecule has 0 aliphatic rings. The van der Waals surface area contributed by atoms with Crippen molar-refractivity contribution in [2.24, 2.45) is 0 Å². The second-order valence-electron chi connectivity index (χ2n) is 3.98. The Morgan fingerprint density at radius 3 is 2.79 bits per heavy atom. The Balaban J connectivity index is 1.84. The Morgan fingerprint density at radius 1 is 1.32 bits per heavy atom. The topological polar surface area (TPSA) is 116 Å². The van der Waals surface area contributed by atoms with Gasteiger partial charge in [0.25, 0.3) is 10.0 Å². The SMILES string of the molecule is CCc1ncc(S(=O)(=O)NCCCc2ncn[nH]2)[nH]1. The van der Waals surface area contributed by atoms with Gasteiger partial charge in [-0.15, -0.1) is 0 Å². The summed E-state index contributed by atoms with van der Waals surface area (Å²) in [6, 6.07) is 0. The average molecular weight is 284 g/mol. The molecular formula is C10H16N6O2S. The Bertz CT molecular complexity index is 604. The van der Waals surface area contributed by atoms with E-state index in [-0.39, 0.29) is 5.03 Å². The number of sulfonamides is 1. The Hall–Kier alpha value is -1.74. The fourth-order valence-corrected chi connectivity index (χ4v) is 2.56. The third-order valence-electron chi connectivity index (χ3n) is 2.58. The summed E-state index contributed by atoms with van der Waals surface area (Å²) in [4.78, 5) is 10.7. The van der Waals surface area contributed by atoms with Gasteiger partial charge in [0.1, 0.15) is 18.0 Å². The van der Waals surface area contributed by atoms with E-state index in [1.165, 1.54) is 12.5 Å². The number of hydrogen-bond donors (Lipinski definition) is 3. The van der Waals surface area contributed by atoms with Crippen molar-refractivity contribution in [1.29, 1.82) is 0 Å². The molecule has 8 nitrogen and oxygen atoms in total. The Labute approximate surface area is 111 Å².